The molecular formula is C52H44IrN2O-2. The first-order valence-corrected chi connectivity index (χ1v) is 18.0. The zero-order valence-electron chi connectivity index (χ0n) is 42.0. The Kier molecular flexibility index (Phi) is 7.82. The summed E-state index contributed by atoms with van der Waals surface area (Å²) in [6.45, 7) is -1.42. The Morgan fingerprint density at radius 3 is 2.25 bits per heavy atom. The Hall–Kier alpha value is -5.67. The number of benzene rings is 6. The number of pyridine rings is 2. The summed E-state index contributed by atoms with van der Waals surface area (Å²) < 4.78 is 92.9. The predicted octanol–water partition coefficient (Wildman–Crippen LogP) is 14.0. The van der Waals surface area contributed by atoms with Gasteiger partial charge in [-0.3, -0.25) is 0 Å². The predicted molar refractivity (Wildman–Crippen MR) is 230 cm³/mol. The van der Waals surface area contributed by atoms with Gasteiger partial charge in [-0.05, 0) is 81.7 Å². The summed E-state index contributed by atoms with van der Waals surface area (Å²) in [5.74, 6) is 0. The molecule has 0 spiro atoms. The second-order valence-electron chi connectivity index (χ2n) is 14.4. The van der Waals surface area contributed by atoms with Gasteiger partial charge in [0.05, 0.1) is 5.58 Å². The van der Waals surface area contributed by atoms with E-state index >= 15 is 0 Å². The van der Waals surface area contributed by atoms with Gasteiger partial charge in [0.1, 0.15) is 5.58 Å². The minimum absolute atomic E-state index is 0. The van der Waals surface area contributed by atoms with Crippen molar-refractivity contribution in [1.82, 2.24) is 9.97 Å². The van der Waals surface area contributed by atoms with Gasteiger partial charge in [-0.25, -0.2) is 0 Å². The van der Waals surface area contributed by atoms with Crippen molar-refractivity contribution in [1.29, 1.82) is 0 Å². The third kappa shape index (κ3) is 8.14. The Labute approximate surface area is 359 Å². The molecular weight excluding hydrogens is 861 g/mol. The molecule has 56 heavy (non-hydrogen) atoms. The van der Waals surface area contributed by atoms with E-state index in [4.69, 9.17) is 19.5 Å². The van der Waals surface area contributed by atoms with Crippen LogP contribution in [0.5, 0.6) is 0 Å². The van der Waals surface area contributed by atoms with E-state index in [-0.39, 0.29) is 47.9 Å². The van der Waals surface area contributed by atoms with Gasteiger partial charge in [-0.15, -0.1) is 47.5 Å². The van der Waals surface area contributed by atoms with Crippen LogP contribution < -0.4 is 0 Å². The van der Waals surface area contributed by atoms with Crippen LogP contribution >= 0.6 is 0 Å². The van der Waals surface area contributed by atoms with Crippen molar-refractivity contribution < 1.29 is 39.6 Å². The standard InChI is InChI=1S/C32H26NO.C20H18N.Ir/c1-32(2,3)20-21-11-13-22(14-12-21)24-17-18-33-29(19-24)28-10-6-9-26-27-16-15-23-7-4-5-8-25(23)30(27)34-31(26)28;1-14-8-11-20(21-13-14)17-10-9-16(3)19(12-17)18-7-5-4-6-15(18)2;/h4-9,11-19H,20H2,1-3H3;4-9,11-13H,1-3H3;/q2*-1;/i20D2;1D3,2D3,3D3;. The summed E-state index contributed by atoms with van der Waals surface area (Å²) >= 11 is 0. The molecule has 9 rings (SSSR count). The number of furan rings is 1. The summed E-state index contributed by atoms with van der Waals surface area (Å²) in [6, 6.07) is 46.5. The molecule has 0 fully saturated rings. The molecule has 0 aliphatic rings. The molecule has 0 atom stereocenters. The third-order valence-electron chi connectivity index (χ3n) is 9.28. The summed E-state index contributed by atoms with van der Waals surface area (Å²) in [7, 11) is 0. The van der Waals surface area contributed by atoms with Crippen LogP contribution in [-0.4, -0.2) is 9.97 Å². The van der Waals surface area contributed by atoms with Crippen LogP contribution in [0.3, 0.4) is 0 Å². The maximum absolute atomic E-state index is 8.56. The molecule has 4 heteroatoms. The first-order valence-electron chi connectivity index (χ1n) is 23.5. The average Bonchev–Trinajstić information content (AvgIpc) is 3.68. The van der Waals surface area contributed by atoms with Gasteiger partial charge in [0.25, 0.3) is 0 Å². The number of aryl methyl sites for hydroxylation is 3. The van der Waals surface area contributed by atoms with E-state index in [0.29, 0.717) is 16.8 Å². The summed E-state index contributed by atoms with van der Waals surface area (Å²) in [5, 5.41) is 4.37. The van der Waals surface area contributed by atoms with Crippen LogP contribution in [0.15, 0.2) is 150 Å². The minimum Gasteiger partial charge on any atom is -0.500 e. The molecule has 0 saturated heterocycles. The van der Waals surface area contributed by atoms with Crippen LogP contribution in [0.2, 0.25) is 0 Å². The Balaban J connectivity index is 0.000000200. The number of nitrogens with zero attached hydrogens (tertiary/aromatic N) is 2. The molecule has 279 valence electrons. The number of hydrogen-bond donors (Lipinski definition) is 0. The number of rotatable bonds is 5. The number of fused-ring (bicyclic) bond motifs is 5. The van der Waals surface area contributed by atoms with Crippen molar-refractivity contribution in [2.24, 2.45) is 5.41 Å². The fourth-order valence-electron chi connectivity index (χ4n) is 6.72. The molecule has 0 unspecified atom stereocenters. The van der Waals surface area contributed by atoms with Crippen molar-refractivity contribution in [3.05, 3.63) is 180 Å². The number of hydrogen-bond acceptors (Lipinski definition) is 3. The summed E-state index contributed by atoms with van der Waals surface area (Å²) in [5.41, 5.74) is 6.93. The van der Waals surface area contributed by atoms with E-state index in [0.717, 1.165) is 55.1 Å². The first-order chi connectivity index (χ1) is 31.0. The normalized spacial score (nSPS) is 15.2. The molecule has 3 heterocycles. The molecule has 3 aromatic heterocycles. The van der Waals surface area contributed by atoms with Crippen LogP contribution in [0.4, 0.5) is 0 Å². The van der Waals surface area contributed by atoms with Gasteiger partial charge in [0.15, 0.2) is 0 Å². The van der Waals surface area contributed by atoms with Crippen molar-refractivity contribution >= 4 is 32.7 Å². The molecule has 0 aliphatic heterocycles. The third-order valence-corrected chi connectivity index (χ3v) is 9.28. The molecule has 6 aromatic carbocycles. The Morgan fingerprint density at radius 1 is 0.661 bits per heavy atom. The van der Waals surface area contributed by atoms with Gasteiger partial charge in [0, 0.05) is 58.3 Å². The first kappa shape index (κ1) is 27.0. The fraction of sp³-hybridized carbons (Fsp3) is 0.154. The Bertz CT molecular complexity index is 3220. The van der Waals surface area contributed by atoms with Gasteiger partial charge in [0.2, 0.25) is 0 Å². The average molecular weight is 916 g/mol. The zero-order valence-corrected chi connectivity index (χ0v) is 33.4. The zero-order chi connectivity index (χ0) is 47.4. The molecule has 0 saturated carbocycles. The summed E-state index contributed by atoms with van der Waals surface area (Å²) in [4.78, 5) is 8.83. The molecule has 0 aliphatic carbocycles. The second-order valence-corrected chi connectivity index (χ2v) is 14.4. The van der Waals surface area contributed by atoms with E-state index in [1.54, 1.807) is 24.4 Å². The van der Waals surface area contributed by atoms with Crippen molar-refractivity contribution in [3.63, 3.8) is 0 Å². The molecule has 9 aromatic rings. The topological polar surface area (TPSA) is 38.9 Å². The monoisotopic (exact) mass is 916 g/mol. The van der Waals surface area contributed by atoms with Gasteiger partial charge in [-0.2, -0.15) is 0 Å². The van der Waals surface area contributed by atoms with E-state index in [1.807, 2.05) is 81.4 Å². The van der Waals surface area contributed by atoms with Crippen LogP contribution in [0.1, 0.15) is 58.1 Å². The Morgan fingerprint density at radius 2 is 1.46 bits per heavy atom. The van der Waals surface area contributed by atoms with Crippen molar-refractivity contribution in [2.75, 3.05) is 0 Å². The van der Waals surface area contributed by atoms with Gasteiger partial charge >= 0.3 is 0 Å². The van der Waals surface area contributed by atoms with Crippen molar-refractivity contribution in [2.45, 2.75) is 47.7 Å². The molecule has 1 radical (unpaired) electrons. The SMILES string of the molecule is [2H]C([2H])([2H])c1ccc(-c2[c-]cc(C([2H])([2H])[2H])c(-c3ccccc3C([2H])([2H])[2H])c2)nc1.[2H]C([2H])(c1ccc(-c2ccnc(-c3[c-]ccc4c3oc3c5ccccc5ccc43)c2)cc1)C(C)(C)C.[Ir]. The van der Waals surface area contributed by atoms with Crippen LogP contribution in [-0.2, 0) is 26.5 Å². The van der Waals surface area contributed by atoms with Crippen LogP contribution in [0, 0.1) is 38.1 Å². The van der Waals surface area contributed by atoms with E-state index in [2.05, 4.69) is 46.4 Å². The van der Waals surface area contributed by atoms with Gasteiger partial charge < -0.3 is 14.4 Å². The molecule has 3 nitrogen and oxygen atoms in total. The maximum Gasteiger partial charge on any atom is 0.128 e. The minimum atomic E-state index is -2.48. The van der Waals surface area contributed by atoms with E-state index < -0.39 is 32.3 Å². The fourth-order valence-corrected chi connectivity index (χ4v) is 6.72. The van der Waals surface area contributed by atoms with Crippen molar-refractivity contribution in [3.8, 4) is 44.8 Å². The van der Waals surface area contributed by atoms with E-state index in [1.165, 1.54) is 36.5 Å². The molecule has 0 bridgehead atoms. The summed E-state index contributed by atoms with van der Waals surface area (Å²) in [6.07, 6.45) is 1.62. The largest absolute Gasteiger partial charge is 0.500 e. The maximum atomic E-state index is 8.56. The molecule has 0 N–H and O–H groups in total. The van der Waals surface area contributed by atoms with E-state index in [9.17, 15) is 0 Å². The second kappa shape index (κ2) is 16.2. The smallest absolute Gasteiger partial charge is 0.128 e. The number of aromatic nitrogens is 2. The molecule has 0 amide bonds. The van der Waals surface area contributed by atoms with Crippen LogP contribution in [0.25, 0.3) is 77.5 Å². The van der Waals surface area contributed by atoms with Gasteiger partial charge in [-0.1, -0.05) is 147 Å². The quantitative estimate of drug-likeness (QED) is 0.162.